The van der Waals surface area contributed by atoms with Crippen LogP contribution in [0.1, 0.15) is 41.6 Å². The smallest absolute Gasteiger partial charge is 0.392 e. The number of benzene rings is 8. The number of para-hydroxylation sites is 2. The monoisotopic (exact) mass is 826 g/mol. The molecular weight excluding hydrogens is 779 g/mol. The Bertz CT molecular complexity index is 3670. The predicted octanol–water partition coefficient (Wildman–Crippen LogP) is 13.7. The van der Waals surface area contributed by atoms with Crippen LogP contribution < -0.4 is 13.9 Å². The lowest BCUT2D eigenvalue weighted by molar-refractivity contribution is -0.997. The van der Waals surface area contributed by atoms with Crippen molar-refractivity contribution in [1.82, 2.24) is 4.57 Å². The third kappa shape index (κ3) is 5.11. The SMILES string of the molecule is [2H]C([2H])([2H])c1ccc(-c2cc[n+]3c(c2)-c2cc(-c4ccccc4)cc4c2C32Oc3ccccc3-c3n(-c5cc(-c6ccccc6)c(C(C)(C)C)cc5-c5ccccc5)c5cccc-4c5[n+]32)cc1. The molecule has 0 fully saturated rings. The average molecular weight is 827 g/mol. The van der Waals surface area contributed by atoms with Gasteiger partial charge in [0.05, 0.1) is 5.56 Å². The minimum atomic E-state index is -2.18. The van der Waals surface area contributed by atoms with Crippen LogP contribution in [0, 0.1) is 6.85 Å². The molecule has 3 aliphatic heterocycles. The van der Waals surface area contributed by atoms with E-state index < -0.39 is 12.7 Å². The number of aryl methyl sites for hydroxylation is 1. The number of imidazole rings is 1. The first-order valence-corrected chi connectivity index (χ1v) is 22.1. The van der Waals surface area contributed by atoms with Gasteiger partial charge in [0, 0.05) is 32.9 Å². The highest BCUT2D eigenvalue weighted by Gasteiger charge is 2.68. The summed E-state index contributed by atoms with van der Waals surface area (Å²) >= 11 is 0. The quantitative estimate of drug-likeness (QED) is 0.158. The zero-order valence-corrected chi connectivity index (χ0v) is 35.8. The molecule has 0 saturated heterocycles. The summed E-state index contributed by atoms with van der Waals surface area (Å²) in [6.45, 7) is 4.74. The molecule has 1 atom stereocenters. The molecule has 0 bridgehead atoms. The van der Waals surface area contributed by atoms with E-state index in [1.54, 1.807) is 12.1 Å². The second-order valence-electron chi connectivity index (χ2n) is 18.3. The maximum Gasteiger partial charge on any atom is 0.499 e. The van der Waals surface area contributed by atoms with Crippen LogP contribution >= 0.6 is 0 Å². The van der Waals surface area contributed by atoms with Gasteiger partial charge in [-0.05, 0) is 105 Å². The van der Waals surface area contributed by atoms with Crippen LogP contribution in [-0.4, -0.2) is 4.57 Å². The molecule has 5 heterocycles. The van der Waals surface area contributed by atoms with Gasteiger partial charge in [-0.1, -0.05) is 160 Å². The van der Waals surface area contributed by atoms with Gasteiger partial charge in [0.1, 0.15) is 22.6 Å². The van der Waals surface area contributed by atoms with Crippen LogP contribution in [-0.2, 0) is 11.3 Å². The van der Waals surface area contributed by atoms with E-state index in [2.05, 4.69) is 211 Å². The second-order valence-corrected chi connectivity index (χ2v) is 18.3. The number of pyridine rings is 1. The van der Waals surface area contributed by atoms with Crippen molar-refractivity contribution in [2.24, 2.45) is 0 Å². The molecule has 4 nitrogen and oxygen atoms in total. The van der Waals surface area contributed by atoms with Crippen molar-refractivity contribution in [2.75, 3.05) is 0 Å². The highest BCUT2D eigenvalue weighted by Crippen LogP contribution is 2.55. The Morgan fingerprint density at radius 1 is 0.516 bits per heavy atom. The topological polar surface area (TPSA) is 21.9 Å². The van der Waals surface area contributed by atoms with Crippen molar-refractivity contribution in [3.05, 3.63) is 217 Å². The Balaban J connectivity index is 1.18. The fraction of sp³-hybridized carbons (Fsp3) is 0.100. The van der Waals surface area contributed by atoms with Gasteiger partial charge in [-0.3, -0.25) is 0 Å². The Labute approximate surface area is 377 Å². The number of fused-ring (bicyclic) bond motifs is 5. The minimum absolute atomic E-state index is 0.157. The van der Waals surface area contributed by atoms with Crippen LogP contribution in [0.4, 0.5) is 0 Å². The van der Waals surface area contributed by atoms with Crippen molar-refractivity contribution in [3.63, 3.8) is 0 Å². The van der Waals surface area contributed by atoms with E-state index in [4.69, 9.17) is 8.85 Å². The van der Waals surface area contributed by atoms with Crippen molar-refractivity contribution < 1.29 is 18.0 Å². The van der Waals surface area contributed by atoms with Gasteiger partial charge in [0.15, 0.2) is 17.2 Å². The van der Waals surface area contributed by atoms with Crippen LogP contribution in [0.25, 0.3) is 95.0 Å². The average Bonchev–Trinajstić information content (AvgIpc) is 3.85. The van der Waals surface area contributed by atoms with Crippen LogP contribution in [0.5, 0.6) is 5.75 Å². The molecule has 1 unspecified atom stereocenters. The van der Waals surface area contributed by atoms with Gasteiger partial charge in [-0.15, -0.1) is 9.13 Å². The fourth-order valence-corrected chi connectivity index (χ4v) is 10.8. The molecule has 1 spiro atoms. The normalized spacial score (nSPS) is 16.0. The molecule has 10 aromatic rings. The second kappa shape index (κ2) is 13.3. The van der Waals surface area contributed by atoms with Gasteiger partial charge in [-0.25, -0.2) is 0 Å². The molecule has 64 heavy (non-hydrogen) atoms. The first-order valence-electron chi connectivity index (χ1n) is 23.6. The lowest BCUT2D eigenvalue weighted by Crippen LogP contribution is -2.78. The number of rotatable bonds is 5. The van der Waals surface area contributed by atoms with Gasteiger partial charge < -0.3 is 4.74 Å². The first kappa shape index (κ1) is 33.8. The predicted molar refractivity (Wildman–Crippen MR) is 258 cm³/mol. The maximum atomic E-state index is 8.02. The van der Waals surface area contributed by atoms with Gasteiger partial charge in [0.2, 0.25) is 5.69 Å². The Hall–Kier alpha value is -7.82. The number of aromatic nitrogens is 3. The summed E-state index contributed by atoms with van der Waals surface area (Å²) in [5, 5.41) is 0. The number of ether oxygens (including phenoxy) is 1. The third-order valence-corrected chi connectivity index (χ3v) is 13.6. The molecule has 3 aliphatic rings. The largest absolute Gasteiger partial charge is 0.499 e. The summed E-state index contributed by atoms with van der Waals surface area (Å²) in [6, 6.07) is 68.7. The molecular formula is C60H45N3O+2. The van der Waals surface area contributed by atoms with Crippen LogP contribution in [0.3, 0.4) is 0 Å². The molecule has 0 aliphatic carbocycles. The number of hydrogen-bond acceptors (Lipinski definition) is 1. The Morgan fingerprint density at radius 3 is 1.88 bits per heavy atom. The van der Waals surface area contributed by atoms with Gasteiger partial charge >= 0.3 is 11.7 Å². The molecule has 0 amide bonds. The van der Waals surface area contributed by atoms with Crippen molar-refractivity contribution >= 4 is 11.0 Å². The highest BCUT2D eigenvalue weighted by molar-refractivity contribution is 6.00. The van der Waals surface area contributed by atoms with Gasteiger partial charge in [0.25, 0.3) is 0 Å². The summed E-state index contributed by atoms with van der Waals surface area (Å²) in [7, 11) is 0. The maximum absolute atomic E-state index is 8.02. The van der Waals surface area contributed by atoms with E-state index in [-0.39, 0.29) is 5.41 Å². The van der Waals surface area contributed by atoms with Crippen LogP contribution in [0.2, 0.25) is 0 Å². The summed E-state index contributed by atoms with van der Waals surface area (Å²) in [5.74, 6) is 0.665. The van der Waals surface area contributed by atoms with E-state index in [9.17, 15) is 0 Å². The summed E-state index contributed by atoms with van der Waals surface area (Å²) in [4.78, 5) is 0. The van der Waals surface area contributed by atoms with E-state index in [0.717, 1.165) is 95.2 Å². The molecule has 0 saturated carbocycles. The fourth-order valence-electron chi connectivity index (χ4n) is 10.8. The molecule has 0 N–H and O–H groups in total. The zero-order chi connectivity index (χ0) is 45.4. The third-order valence-electron chi connectivity index (χ3n) is 13.6. The minimum Gasteiger partial charge on any atom is -0.392 e. The Kier molecular flexibility index (Phi) is 7.04. The van der Waals surface area contributed by atoms with Crippen LogP contribution in [0.15, 0.2) is 200 Å². The standard InChI is InChI=1S/C60H45N3O/c1-38-27-29-40(30-28-38)43-31-32-61-53(35-43)50-34-44(39-17-8-5-9-18-39)33-49-45-24-16-25-52-57(45)63-58(46-23-14-15-26-55(46)64-60(61,63)56(49)50)62(52)54-37-47(41-19-10-6-11-20-41)51(59(2,3)4)36-48(54)42-21-12-7-13-22-42/h5-37H,1-4H3/q+2/i1D3. The highest BCUT2D eigenvalue weighted by atomic mass is 16.5. The Morgan fingerprint density at radius 2 is 1.16 bits per heavy atom. The van der Waals surface area contributed by atoms with E-state index in [1.165, 1.54) is 16.7 Å². The summed E-state index contributed by atoms with van der Waals surface area (Å²) in [5.41, 5.74) is 19.9. The summed E-state index contributed by atoms with van der Waals surface area (Å²) < 4.78 is 39.1. The lowest BCUT2D eigenvalue weighted by Gasteiger charge is -2.32. The zero-order valence-electron chi connectivity index (χ0n) is 38.8. The number of hydrogen-bond donors (Lipinski definition) is 0. The molecule has 304 valence electrons. The van der Waals surface area contributed by atoms with Crippen molar-refractivity contribution in [3.8, 4) is 89.7 Å². The lowest BCUT2D eigenvalue weighted by atomic mass is 9.79. The van der Waals surface area contributed by atoms with Crippen molar-refractivity contribution in [1.29, 1.82) is 0 Å². The number of nitrogens with zero attached hydrogens (tertiary/aromatic N) is 3. The molecule has 8 aromatic carbocycles. The molecule has 0 radical (unpaired) electrons. The molecule has 2 aromatic heterocycles. The van der Waals surface area contributed by atoms with E-state index in [1.807, 2.05) is 12.1 Å². The van der Waals surface area contributed by atoms with E-state index >= 15 is 0 Å². The summed E-state index contributed by atoms with van der Waals surface area (Å²) in [6.07, 6.45) is 2.16. The van der Waals surface area contributed by atoms with Gasteiger partial charge in [-0.2, -0.15) is 4.57 Å². The first-order chi connectivity index (χ1) is 32.5. The molecule has 13 rings (SSSR count). The van der Waals surface area contributed by atoms with Crippen molar-refractivity contribution in [2.45, 2.75) is 38.9 Å². The molecule has 4 heteroatoms. The van der Waals surface area contributed by atoms with E-state index in [0.29, 0.717) is 5.56 Å².